The largest absolute Gasteiger partial charge is 0.480 e. The van der Waals surface area contributed by atoms with Crippen LogP contribution in [0.1, 0.15) is 20.8 Å². The van der Waals surface area contributed by atoms with Crippen molar-refractivity contribution >= 4 is 27.6 Å². The SMILES string of the molecule is CCN(C(C)(C)C(=O)O)S(=O)(=O)c1ccc(Cl)cc1. The predicted octanol–water partition coefficient (Wildman–Crippen LogP) is 2.21. The Bertz CT molecular complexity index is 566. The van der Waals surface area contributed by atoms with Crippen LogP contribution in [-0.2, 0) is 14.8 Å². The summed E-state index contributed by atoms with van der Waals surface area (Å²) in [4.78, 5) is 11.2. The number of benzene rings is 1. The molecule has 1 rings (SSSR count). The van der Waals surface area contributed by atoms with E-state index in [4.69, 9.17) is 16.7 Å². The minimum absolute atomic E-state index is 0.0214. The average molecular weight is 306 g/mol. The number of sulfonamides is 1. The van der Waals surface area contributed by atoms with Crippen LogP contribution in [0.25, 0.3) is 0 Å². The molecule has 1 aromatic carbocycles. The van der Waals surface area contributed by atoms with Gasteiger partial charge in [-0.15, -0.1) is 0 Å². The maximum atomic E-state index is 12.4. The monoisotopic (exact) mass is 305 g/mol. The summed E-state index contributed by atoms with van der Waals surface area (Å²) in [5.41, 5.74) is -1.52. The van der Waals surface area contributed by atoms with E-state index in [0.717, 1.165) is 4.31 Å². The molecule has 1 N–H and O–H groups in total. The Hall–Kier alpha value is -1.11. The van der Waals surface area contributed by atoms with E-state index in [0.29, 0.717) is 5.02 Å². The van der Waals surface area contributed by atoms with E-state index in [1.165, 1.54) is 38.1 Å². The Kier molecular flexibility index (Phi) is 4.60. The first-order valence-electron chi connectivity index (χ1n) is 5.66. The van der Waals surface area contributed by atoms with Crippen LogP contribution in [0.5, 0.6) is 0 Å². The molecule has 0 aliphatic rings. The van der Waals surface area contributed by atoms with Gasteiger partial charge >= 0.3 is 5.97 Å². The fraction of sp³-hybridized carbons (Fsp3) is 0.417. The van der Waals surface area contributed by atoms with E-state index in [2.05, 4.69) is 0 Å². The summed E-state index contributed by atoms with van der Waals surface area (Å²) in [5, 5.41) is 9.59. The van der Waals surface area contributed by atoms with Gasteiger partial charge < -0.3 is 5.11 Å². The third kappa shape index (κ3) is 3.08. The number of likely N-dealkylation sites (N-methyl/N-ethyl adjacent to an activating group) is 1. The molecule has 7 heteroatoms. The molecule has 0 atom stereocenters. The molecule has 0 saturated heterocycles. The number of halogens is 1. The number of carbonyl (C=O) groups is 1. The van der Waals surface area contributed by atoms with Gasteiger partial charge in [0.25, 0.3) is 0 Å². The molecule has 106 valence electrons. The van der Waals surface area contributed by atoms with E-state index in [1.807, 2.05) is 0 Å². The van der Waals surface area contributed by atoms with E-state index >= 15 is 0 Å². The van der Waals surface area contributed by atoms with Crippen molar-refractivity contribution in [2.75, 3.05) is 6.54 Å². The van der Waals surface area contributed by atoms with Gasteiger partial charge in [0.2, 0.25) is 10.0 Å². The first kappa shape index (κ1) is 15.9. The maximum Gasteiger partial charge on any atom is 0.324 e. The summed E-state index contributed by atoms with van der Waals surface area (Å²) in [6.45, 7) is 4.36. The van der Waals surface area contributed by atoms with Crippen LogP contribution in [0.4, 0.5) is 0 Å². The van der Waals surface area contributed by atoms with Gasteiger partial charge in [-0.1, -0.05) is 18.5 Å². The number of hydrogen-bond donors (Lipinski definition) is 1. The Labute approximate surface area is 117 Å². The lowest BCUT2D eigenvalue weighted by atomic mass is 10.1. The molecular weight excluding hydrogens is 290 g/mol. The molecule has 0 aromatic heterocycles. The second-order valence-corrected chi connectivity index (χ2v) is 6.79. The lowest BCUT2D eigenvalue weighted by Crippen LogP contribution is -2.52. The number of aliphatic carboxylic acids is 1. The van der Waals surface area contributed by atoms with Crippen molar-refractivity contribution in [3.63, 3.8) is 0 Å². The van der Waals surface area contributed by atoms with Gasteiger partial charge in [-0.3, -0.25) is 4.79 Å². The molecule has 0 aliphatic carbocycles. The molecule has 0 aliphatic heterocycles. The lowest BCUT2D eigenvalue weighted by Gasteiger charge is -2.33. The fourth-order valence-electron chi connectivity index (χ4n) is 1.71. The van der Waals surface area contributed by atoms with E-state index in [9.17, 15) is 13.2 Å². The van der Waals surface area contributed by atoms with Crippen LogP contribution in [0.3, 0.4) is 0 Å². The zero-order valence-corrected chi connectivity index (χ0v) is 12.5. The standard InChI is InChI=1S/C12H16ClNO4S/c1-4-14(12(2,3)11(15)16)19(17,18)10-7-5-9(13)6-8-10/h5-8H,4H2,1-3H3,(H,15,16). The summed E-state index contributed by atoms with van der Waals surface area (Å²) < 4.78 is 25.8. The number of hydrogen-bond acceptors (Lipinski definition) is 3. The number of rotatable bonds is 5. The van der Waals surface area contributed by atoms with E-state index < -0.39 is 21.5 Å². The van der Waals surface area contributed by atoms with Gasteiger partial charge in [-0.2, -0.15) is 4.31 Å². The molecule has 0 heterocycles. The Morgan fingerprint density at radius 1 is 1.32 bits per heavy atom. The van der Waals surface area contributed by atoms with Crippen molar-refractivity contribution in [2.45, 2.75) is 31.2 Å². The average Bonchev–Trinajstić information content (AvgIpc) is 2.29. The van der Waals surface area contributed by atoms with Crippen LogP contribution in [0, 0.1) is 0 Å². The molecule has 0 saturated carbocycles. The number of carboxylic acids is 1. The summed E-state index contributed by atoms with van der Waals surface area (Å²) in [5.74, 6) is -1.20. The minimum Gasteiger partial charge on any atom is -0.480 e. The van der Waals surface area contributed by atoms with Crippen LogP contribution >= 0.6 is 11.6 Å². The Morgan fingerprint density at radius 3 is 2.16 bits per heavy atom. The maximum absolute atomic E-state index is 12.4. The molecular formula is C12H16ClNO4S. The highest BCUT2D eigenvalue weighted by atomic mass is 35.5. The van der Waals surface area contributed by atoms with Crippen molar-refractivity contribution in [3.8, 4) is 0 Å². The van der Waals surface area contributed by atoms with Gasteiger partial charge in [-0.25, -0.2) is 8.42 Å². The first-order chi connectivity index (χ1) is 8.64. The van der Waals surface area contributed by atoms with Gasteiger partial charge in [0.1, 0.15) is 5.54 Å². The lowest BCUT2D eigenvalue weighted by molar-refractivity contribution is -0.146. The van der Waals surface area contributed by atoms with Gasteiger partial charge in [-0.05, 0) is 38.1 Å². The summed E-state index contributed by atoms with van der Waals surface area (Å²) in [7, 11) is -3.88. The van der Waals surface area contributed by atoms with Crippen LogP contribution < -0.4 is 0 Å². The van der Waals surface area contributed by atoms with Gasteiger partial charge in [0.05, 0.1) is 4.90 Å². The van der Waals surface area contributed by atoms with E-state index in [1.54, 1.807) is 6.92 Å². The normalized spacial score (nSPS) is 12.7. The molecule has 0 unspecified atom stereocenters. The number of carboxylic acid groups (broad SMARTS) is 1. The highest BCUT2D eigenvalue weighted by molar-refractivity contribution is 7.89. The molecule has 0 radical (unpaired) electrons. The van der Waals surface area contributed by atoms with Crippen LogP contribution in [-0.4, -0.2) is 35.9 Å². The van der Waals surface area contributed by atoms with Crippen molar-refractivity contribution in [1.29, 1.82) is 0 Å². The highest BCUT2D eigenvalue weighted by Gasteiger charge is 2.41. The summed E-state index contributed by atoms with van der Waals surface area (Å²) in [6.07, 6.45) is 0. The summed E-state index contributed by atoms with van der Waals surface area (Å²) >= 11 is 5.71. The Morgan fingerprint density at radius 2 is 1.79 bits per heavy atom. The van der Waals surface area contributed by atoms with Crippen LogP contribution in [0.2, 0.25) is 5.02 Å². The molecule has 0 bridgehead atoms. The van der Waals surface area contributed by atoms with Gasteiger partial charge in [0.15, 0.2) is 0 Å². The smallest absolute Gasteiger partial charge is 0.324 e. The third-order valence-corrected chi connectivity index (χ3v) is 5.25. The van der Waals surface area contributed by atoms with Crippen molar-refractivity contribution < 1.29 is 18.3 Å². The molecule has 0 fully saturated rings. The second kappa shape index (κ2) is 5.48. The van der Waals surface area contributed by atoms with Crippen molar-refractivity contribution in [1.82, 2.24) is 4.31 Å². The molecule has 5 nitrogen and oxygen atoms in total. The molecule has 1 aromatic rings. The van der Waals surface area contributed by atoms with Crippen LogP contribution in [0.15, 0.2) is 29.2 Å². The second-order valence-electron chi connectivity index (χ2n) is 4.49. The Balaban J connectivity index is 3.31. The molecule has 0 amide bonds. The minimum atomic E-state index is -3.88. The highest BCUT2D eigenvalue weighted by Crippen LogP contribution is 2.25. The van der Waals surface area contributed by atoms with E-state index in [-0.39, 0.29) is 11.4 Å². The van der Waals surface area contributed by atoms with Crippen molar-refractivity contribution in [3.05, 3.63) is 29.3 Å². The van der Waals surface area contributed by atoms with Crippen molar-refractivity contribution in [2.24, 2.45) is 0 Å². The topological polar surface area (TPSA) is 74.7 Å². The quantitative estimate of drug-likeness (QED) is 0.905. The molecule has 19 heavy (non-hydrogen) atoms. The van der Waals surface area contributed by atoms with Gasteiger partial charge in [0, 0.05) is 11.6 Å². The fourth-order valence-corrected chi connectivity index (χ4v) is 3.59. The third-order valence-electron chi connectivity index (χ3n) is 2.84. The summed E-state index contributed by atoms with van der Waals surface area (Å²) in [6, 6.07) is 5.63. The zero-order valence-electron chi connectivity index (χ0n) is 10.9. The molecule has 0 spiro atoms. The predicted molar refractivity (Wildman–Crippen MR) is 72.7 cm³/mol. The zero-order chi connectivity index (χ0) is 14.8. The first-order valence-corrected chi connectivity index (χ1v) is 7.47. The number of nitrogens with zero attached hydrogens (tertiary/aromatic N) is 1.